The Bertz CT molecular complexity index is 982. The number of para-hydroxylation sites is 1. The number of carbonyl (C=O) groups excluding carboxylic acids is 1. The molecule has 0 atom stereocenters. The number of hydrogen-bond acceptors (Lipinski definition) is 5. The Morgan fingerprint density at radius 1 is 1.23 bits per heavy atom. The van der Waals surface area contributed by atoms with E-state index >= 15 is 0 Å². The first-order chi connectivity index (χ1) is 12.4. The number of amides is 1. The minimum Gasteiger partial charge on any atom is -0.302 e. The molecule has 6 nitrogen and oxygen atoms in total. The van der Waals surface area contributed by atoms with Crippen LogP contribution in [0.3, 0.4) is 0 Å². The van der Waals surface area contributed by atoms with E-state index in [1.54, 1.807) is 18.2 Å². The summed E-state index contributed by atoms with van der Waals surface area (Å²) in [6.07, 6.45) is -0.0739. The molecule has 0 aliphatic carbocycles. The first-order valence-corrected chi connectivity index (χ1v) is 8.87. The van der Waals surface area contributed by atoms with Gasteiger partial charge in [0.05, 0.1) is 17.0 Å². The monoisotopic (exact) mass is 367 g/mol. The molecule has 3 rings (SSSR count). The van der Waals surface area contributed by atoms with Crippen LogP contribution in [0, 0.1) is 24.0 Å². The van der Waals surface area contributed by atoms with E-state index < -0.39 is 4.92 Å². The lowest BCUT2D eigenvalue weighted by molar-refractivity contribution is -0.385. The molecule has 0 aliphatic heterocycles. The second-order valence-electron chi connectivity index (χ2n) is 5.97. The van der Waals surface area contributed by atoms with Crippen LogP contribution in [0.1, 0.15) is 16.7 Å². The SMILES string of the molecule is Cc1ccc(C)c(-c2csc(NC(=O)Cc3ccccc3[N+](=O)[O-])n2)c1. The zero-order valence-corrected chi connectivity index (χ0v) is 15.2. The molecule has 7 heteroatoms. The van der Waals surface area contributed by atoms with Crippen LogP contribution in [0.25, 0.3) is 11.3 Å². The van der Waals surface area contributed by atoms with Crippen molar-refractivity contribution in [3.05, 3.63) is 74.6 Å². The van der Waals surface area contributed by atoms with Gasteiger partial charge < -0.3 is 5.32 Å². The van der Waals surface area contributed by atoms with Gasteiger partial charge in [-0.25, -0.2) is 4.98 Å². The number of carbonyl (C=O) groups is 1. The number of aromatic nitrogens is 1. The lowest BCUT2D eigenvalue weighted by Gasteiger charge is -2.04. The van der Waals surface area contributed by atoms with E-state index in [0.717, 1.165) is 22.4 Å². The van der Waals surface area contributed by atoms with Crippen molar-refractivity contribution in [2.45, 2.75) is 20.3 Å². The van der Waals surface area contributed by atoms with Gasteiger partial charge >= 0.3 is 0 Å². The lowest BCUT2D eigenvalue weighted by atomic mass is 10.0. The van der Waals surface area contributed by atoms with E-state index in [2.05, 4.69) is 16.4 Å². The van der Waals surface area contributed by atoms with E-state index in [4.69, 9.17) is 0 Å². The number of benzene rings is 2. The van der Waals surface area contributed by atoms with Gasteiger partial charge in [-0.1, -0.05) is 35.9 Å². The van der Waals surface area contributed by atoms with Gasteiger partial charge in [0.25, 0.3) is 5.69 Å². The maximum Gasteiger partial charge on any atom is 0.273 e. The third kappa shape index (κ3) is 3.94. The number of nitrogens with one attached hydrogen (secondary N) is 1. The quantitative estimate of drug-likeness (QED) is 0.531. The number of nitro groups is 1. The third-order valence-corrected chi connectivity index (χ3v) is 4.72. The van der Waals surface area contributed by atoms with Gasteiger partial charge in [0.1, 0.15) is 0 Å². The standard InChI is InChI=1S/C19H17N3O3S/c1-12-7-8-13(2)15(9-12)16-11-26-19(20-16)21-18(23)10-14-5-3-4-6-17(14)22(24)25/h3-9,11H,10H2,1-2H3,(H,20,21,23). The summed E-state index contributed by atoms with van der Waals surface area (Å²) in [7, 11) is 0. The van der Waals surface area contributed by atoms with Gasteiger partial charge in [-0.3, -0.25) is 14.9 Å². The van der Waals surface area contributed by atoms with Crippen molar-refractivity contribution >= 4 is 28.1 Å². The van der Waals surface area contributed by atoms with E-state index in [9.17, 15) is 14.9 Å². The summed E-state index contributed by atoms with van der Waals surface area (Å²) < 4.78 is 0. The predicted octanol–water partition coefficient (Wildman–Crippen LogP) is 4.52. The number of hydrogen-bond donors (Lipinski definition) is 1. The molecule has 0 saturated carbocycles. The smallest absolute Gasteiger partial charge is 0.273 e. The molecule has 1 heterocycles. The first-order valence-electron chi connectivity index (χ1n) is 7.99. The maximum atomic E-state index is 12.3. The fourth-order valence-corrected chi connectivity index (χ4v) is 3.37. The van der Waals surface area contributed by atoms with Crippen LogP contribution in [0.5, 0.6) is 0 Å². The van der Waals surface area contributed by atoms with Crippen molar-refractivity contribution in [2.75, 3.05) is 5.32 Å². The van der Waals surface area contributed by atoms with Crippen molar-refractivity contribution in [3.8, 4) is 11.3 Å². The molecule has 0 aliphatic rings. The third-order valence-electron chi connectivity index (χ3n) is 3.96. The number of anilines is 1. The molecule has 0 radical (unpaired) electrons. The summed E-state index contributed by atoms with van der Waals surface area (Å²) in [5, 5.41) is 16.1. The zero-order valence-electron chi connectivity index (χ0n) is 14.4. The highest BCUT2D eigenvalue weighted by Gasteiger charge is 2.16. The largest absolute Gasteiger partial charge is 0.302 e. The summed E-state index contributed by atoms with van der Waals surface area (Å²) in [5.74, 6) is -0.332. The molecule has 26 heavy (non-hydrogen) atoms. The van der Waals surface area contributed by atoms with Gasteiger partial charge in [0, 0.05) is 22.6 Å². The van der Waals surface area contributed by atoms with E-state index in [-0.39, 0.29) is 18.0 Å². The summed E-state index contributed by atoms with van der Waals surface area (Å²) in [6, 6.07) is 12.4. The van der Waals surface area contributed by atoms with Crippen LogP contribution < -0.4 is 5.32 Å². The molecule has 2 aromatic carbocycles. The van der Waals surface area contributed by atoms with E-state index in [1.807, 2.05) is 31.4 Å². The predicted molar refractivity (Wildman–Crippen MR) is 102 cm³/mol. The molecule has 0 unspecified atom stereocenters. The fraction of sp³-hybridized carbons (Fsp3) is 0.158. The average Bonchev–Trinajstić information content (AvgIpc) is 3.05. The molecule has 1 N–H and O–H groups in total. The van der Waals surface area contributed by atoms with Gasteiger partial charge in [0.15, 0.2) is 5.13 Å². The van der Waals surface area contributed by atoms with Crippen LogP contribution in [0.15, 0.2) is 47.8 Å². The molecular formula is C19H17N3O3S. The van der Waals surface area contributed by atoms with Crippen molar-refractivity contribution < 1.29 is 9.72 Å². The van der Waals surface area contributed by atoms with Gasteiger partial charge in [0.2, 0.25) is 5.91 Å². The molecule has 3 aromatic rings. The minimum atomic E-state index is -0.482. The second-order valence-corrected chi connectivity index (χ2v) is 6.83. The summed E-state index contributed by atoms with van der Waals surface area (Å²) in [4.78, 5) is 27.3. The topological polar surface area (TPSA) is 85.1 Å². The Morgan fingerprint density at radius 3 is 2.77 bits per heavy atom. The van der Waals surface area contributed by atoms with Crippen molar-refractivity contribution in [1.29, 1.82) is 0 Å². The summed E-state index contributed by atoms with van der Waals surface area (Å²) in [5.41, 5.74) is 4.40. The van der Waals surface area contributed by atoms with Crippen LogP contribution >= 0.6 is 11.3 Å². The number of thiazole rings is 1. The van der Waals surface area contributed by atoms with Crippen LogP contribution in [-0.2, 0) is 11.2 Å². The Labute approximate surface area is 154 Å². The fourth-order valence-electron chi connectivity index (χ4n) is 2.64. The van der Waals surface area contributed by atoms with Gasteiger partial charge in [-0.05, 0) is 25.5 Å². The molecule has 0 bridgehead atoms. The normalized spacial score (nSPS) is 10.5. The Hall–Kier alpha value is -3.06. The number of aryl methyl sites for hydroxylation is 2. The van der Waals surface area contributed by atoms with Crippen LogP contribution in [-0.4, -0.2) is 15.8 Å². The maximum absolute atomic E-state index is 12.3. The minimum absolute atomic E-state index is 0.0575. The highest BCUT2D eigenvalue weighted by molar-refractivity contribution is 7.14. The molecule has 1 aromatic heterocycles. The molecule has 0 saturated heterocycles. The van der Waals surface area contributed by atoms with Gasteiger partial charge in [-0.15, -0.1) is 11.3 Å². The van der Waals surface area contributed by atoms with Gasteiger partial charge in [-0.2, -0.15) is 0 Å². The molecule has 132 valence electrons. The number of nitrogens with zero attached hydrogens (tertiary/aromatic N) is 2. The average molecular weight is 367 g/mol. The Kier molecular flexibility index (Phi) is 5.09. The molecule has 0 fully saturated rings. The first kappa shape index (κ1) is 17.8. The number of rotatable bonds is 5. The van der Waals surface area contributed by atoms with Crippen LogP contribution in [0.4, 0.5) is 10.8 Å². The number of nitro benzene ring substituents is 1. The van der Waals surface area contributed by atoms with Crippen molar-refractivity contribution in [3.63, 3.8) is 0 Å². The second kappa shape index (κ2) is 7.45. The highest BCUT2D eigenvalue weighted by atomic mass is 32.1. The summed E-state index contributed by atoms with van der Waals surface area (Å²) >= 11 is 1.33. The highest BCUT2D eigenvalue weighted by Crippen LogP contribution is 2.28. The van der Waals surface area contributed by atoms with Crippen molar-refractivity contribution in [1.82, 2.24) is 4.98 Å². The molecule has 1 amide bonds. The Balaban J connectivity index is 1.74. The van der Waals surface area contributed by atoms with E-state index in [1.165, 1.54) is 17.4 Å². The van der Waals surface area contributed by atoms with E-state index in [0.29, 0.717) is 10.7 Å². The zero-order chi connectivity index (χ0) is 18.7. The van der Waals surface area contributed by atoms with Crippen LogP contribution in [0.2, 0.25) is 0 Å². The molecule has 0 spiro atoms. The Morgan fingerprint density at radius 2 is 2.00 bits per heavy atom. The molecular weight excluding hydrogens is 350 g/mol. The van der Waals surface area contributed by atoms with Crippen molar-refractivity contribution in [2.24, 2.45) is 0 Å². The lowest BCUT2D eigenvalue weighted by Crippen LogP contribution is -2.15. The summed E-state index contributed by atoms with van der Waals surface area (Å²) in [6.45, 7) is 4.03.